The van der Waals surface area contributed by atoms with Crippen LogP contribution in [0.15, 0.2) is 34.1 Å². The minimum atomic E-state index is -0.227. The van der Waals surface area contributed by atoms with Crippen LogP contribution in [-0.4, -0.2) is 44.1 Å². The summed E-state index contributed by atoms with van der Waals surface area (Å²) in [7, 11) is 1.72. The molecule has 0 radical (unpaired) electrons. The second kappa shape index (κ2) is 7.77. The summed E-state index contributed by atoms with van der Waals surface area (Å²) in [5.74, 6) is 0.461. The van der Waals surface area contributed by atoms with E-state index in [0.29, 0.717) is 37.4 Å². The lowest BCUT2D eigenvalue weighted by Gasteiger charge is -2.32. The molecular formula is C19H24N4O4. The highest BCUT2D eigenvalue weighted by atomic mass is 16.5. The van der Waals surface area contributed by atoms with Crippen molar-refractivity contribution >= 4 is 5.91 Å². The summed E-state index contributed by atoms with van der Waals surface area (Å²) in [6, 6.07) is 4.75. The molecule has 0 aromatic carbocycles. The molecule has 27 heavy (non-hydrogen) atoms. The normalized spacial score (nSPS) is 15.0. The maximum atomic E-state index is 12.4. The Morgan fingerprint density at radius 2 is 1.85 bits per heavy atom. The molecular weight excluding hydrogens is 348 g/mol. The number of rotatable bonds is 4. The Bertz CT molecular complexity index is 955. The summed E-state index contributed by atoms with van der Waals surface area (Å²) in [5.41, 5.74) is 1.14. The maximum absolute atomic E-state index is 12.4. The number of carbonyl (C=O) groups is 1. The fourth-order valence-electron chi connectivity index (χ4n) is 3.10. The molecule has 0 unspecified atom stereocenters. The molecule has 8 heteroatoms. The highest BCUT2D eigenvalue weighted by Gasteiger charge is 2.24. The van der Waals surface area contributed by atoms with E-state index in [1.807, 2.05) is 13.0 Å². The SMILES string of the molecule is Cc1cc(=O)n(CC(=O)N2CCC(Oc3cc(C)n(C)c(=O)c3)CC2)cn1. The van der Waals surface area contributed by atoms with Crippen LogP contribution in [-0.2, 0) is 18.4 Å². The number of aromatic nitrogens is 3. The highest BCUT2D eigenvalue weighted by molar-refractivity contribution is 5.76. The quantitative estimate of drug-likeness (QED) is 0.786. The van der Waals surface area contributed by atoms with Gasteiger partial charge in [-0.1, -0.05) is 0 Å². The molecule has 0 N–H and O–H groups in total. The van der Waals surface area contributed by atoms with Crippen LogP contribution < -0.4 is 15.9 Å². The first-order chi connectivity index (χ1) is 12.8. The van der Waals surface area contributed by atoms with Crippen molar-refractivity contribution in [2.45, 2.75) is 39.3 Å². The molecule has 1 saturated heterocycles. The van der Waals surface area contributed by atoms with E-state index in [2.05, 4.69) is 4.98 Å². The monoisotopic (exact) mass is 372 g/mol. The highest BCUT2D eigenvalue weighted by Crippen LogP contribution is 2.19. The van der Waals surface area contributed by atoms with E-state index < -0.39 is 0 Å². The number of aryl methyl sites for hydroxylation is 2. The van der Waals surface area contributed by atoms with E-state index in [4.69, 9.17) is 4.74 Å². The Labute approximate surface area is 157 Å². The van der Waals surface area contributed by atoms with E-state index in [-0.39, 0.29) is 29.7 Å². The molecule has 1 aliphatic heterocycles. The maximum Gasteiger partial charge on any atom is 0.254 e. The number of pyridine rings is 1. The molecule has 0 spiro atoms. The van der Waals surface area contributed by atoms with Gasteiger partial charge in [0, 0.05) is 56.5 Å². The molecule has 0 saturated carbocycles. The van der Waals surface area contributed by atoms with Crippen molar-refractivity contribution in [3.63, 3.8) is 0 Å². The molecule has 2 aromatic heterocycles. The van der Waals surface area contributed by atoms with Gasteiger partial charge in [-0.3, -0.25) is 19.0 Å². The zero-order chi connectivity index (χ0) is 19.6. The molecule has 1 amide bonds. The molecule has 3 heterocycles. The molecule has 1 aliphatic rings. The van der Waals surface area contributed by atoms with Gasteiger partial charge < -0.3 is 14.2 Å². The van der Waals surface area contributed by atoms with Crippen LogP contribution >= 0.6 is 0 Å². The molecule has 2 aromatic rings. The van der Waals surface area contributed by atoms with Crippen LogP contribution in [0, 0.1) is 13.8 Å². The average Bonchev–Trinajstić information content (AvgIpc) is 2.62. The Kier molecular flexibility index (Phi) is 5.43. The van der Waals surface area contributed by atoms with Crippen LogP contribution in [0.3, 0.4) is 0 Å². The fourth-order valence-corrected chi connectivity index (χ4v) is 3.10. The van der Waals surface area contributed by atoms with Crippen LogP contribution in [0.1, 0.15) is 24.2 Å². The second-order valence-electron chi connectivity index (χ2n) is 6.92. The lowest BCUT2D eigenvalue weighted by atomic mass is 10.1. The van der Waals surface area contributed by atoms with Gasteiger partial charge in [0.15, 0.2) is 0 Å². The number of hydrogen-bond acceptors (Lipinski definition) is 5. The van der Waals surface area contributed by atoms with Gasteiger partial charge >= 0.3 is 0 Å². The van der Waals surface area contributed by atoms with E-state index >= 15 is 0 Å². The van der Waals surface area contributed by atoms with E-state index in [9.17, 15) is 14.4 Å². The van der Waals surface area contributed by atoms with Gasteiger partial charge in [0.1, 0.15) is 18.4 Å². The number of carbonyl (C=O) groups excluding carboxylic acids is 1. The lowest BCUT2D eigenvalue weighted by Crippen LogP contribution is -2.44. The van der Waals surface area contributed by atoms with E-state index in [1.54, 1.807) is 23.4 Å². The molecule has 0 atom stereocenters. The first-order valence-corrected chi connectivity index (χ1v) is 8.98. The molecule has 8 nitrogen and oxygen atoms in total. The van der Waals surface area contributed by atoms with Crippen molar-refractivity contribution in [2.24, 2.45) is 7.05 Å². The Hall–Kier alpha value is -2.90. The smallest absolute Gasteiger partial charge is 0.254 e. The lowest BCUT2D eigenvalue weighted by molar-refractivity contribution is -0.133. The van der Waals surface area contributed by atoms with Crippen molar-refractivity contribution in [3.8, 4) is 5.75 Å². The third-order valence-corrected chi connectivity index (χ3v) is 4.90. The van der Waals surface area contributed by atoms with Crippen molar-refractivity contribution in [3.05, 3.63) is 56.6 Å². The van der Waals surface area contributed by atoms with Crippen molar-refractivity contribution in [1.82, 2.24) is 19.0 Å². The number of nitrogens with zero attached hydrogens (tertiary/aromatic N) is 4. The summed E-state index contributed by atoms with van der Waals surface area (Å²) in [6.07, 6.45) is 2.73. The topological polar surface area (TPSA) is 86.4 Å². The average molecular weight is 372 g/mol. The Morgan fingerprint density at radius 1 is 1.15 bits per heavy atom. The van der Waals surface area contributed by atoms with Gasteiger partial charge in [0.05, 0.1) is 6.33 Å². The zero-order valence-electron chi connectivity index (χ0n) is 15.8. The van der Waals surface area contributed by atoms with Crippen LogP contribution in [0.5, 0.6) is 5.75 Å². The van der Waals surface area contributed by atoms with Gasteiger partial charge in [0.25, 0.3) is 11.1 Å². The number of ether oxygens (including phenoxy) is 1. The van der Waals surface area contributed by atoms with E-state index in [0.717, 1.165) is 5.69 Å². The van der Waals surface area contributed by atoms with E-state index in [1.165, 1.54) is 23.0 Å². The predicted octanol–water partition coefficient (Wildman–Crippen LogP) is 0.629. The van der Waals surface area contributed by atoms with Crippen molar-refractivity contribution < 1.29 is 9.53 Å². The molecule has 0 aliphatic carbocycles. The first kappa shape index (κ1) is 18.9. The third kappa shape index (κ3) is 4.45. The number of piperidine rings is 1. The number of amides is 1. The summed E-state index contributed by atoms with van der Waals surface area (Å²) in [6.45, 7) is 4.70. The van der Waals surface area contributed by atoms with Gasteiger partial charge in [-0.15, -0.1) is 0 Å². The number of likely N-dealkylation sites (tertiary alicyclic amines) is 1. The molecule has 144 valence electrons. The molecule has 0 bridgehead atoms. The van der Waals surface area contributed by atoms with Gasteiger partial charge in [-0.25, -0.2) is 4.98 Å². The third-order valence-electron chi connectivity index (χ3n) is 4.90. The summed E-state index contributed by atoms with van der Waals surface area (Å²) in [4.78, 5) is 42.0. The molecule has 3 rings (SSSR count). The van der Waals surface area contributed by atoms with Crippen LogP contribution in [0.4, 0.5) is 0 Å². The summed E-state index contributed by atoms with van der Waals surface area (Å²) in [5, 5.41) is 0. The van der Waals surface area contributed by atoms with Crippen molar-refractivity contribution in [2.75, 3.05) is 13.1 Å². The zero-order valence-corrected chi connectivity index (χ0v) is 15.8. The fraction of sp³-hybridized carbons (Fsp3) is 0.474. The minimum absolute atomic E-state index is 0.00837. The minimum Gasteiger partial charge on any atom is -0.490 e. The Balaban J connectivity index is 1.56. The van der Waals surface area contributed by atoms with Gasteiger partial charge in [-0.2, -0.15) is 0 Å². The van der Waals surface area contributed by atoms with Crippen LogP contribution in [0.2, 0.25) is 0 Å². The summed E-state index contributed by atoms with van der Waals surface area (Å²) >= 11 is 0. The second-order valence-corrected chi connectivity index (χ2v) is 6.92. The predicted molar refractivity (Wildman–Crippen MR) is 99.9 cm³/mol. The summed E-state index contributed by atoms with van der Waals surface area (Å²) < 4.78 is 8.82. The van der Waals surface area contributed by atoms with Crippen molar-refractivity contribution in [1.29, 1.82) is 0 Å². The first-order valence-electron chi connectivity index (χ1n) is 8.98. The van der Waals surface area contributed by atoms with Gasteiger partial charge in [-0.05, 0) is 19.9 Å². The van der Waals surface area contributed by atoms with Gasteiger partial charge in [0.2, 0.25) is 5.91 Å². The standard InChI is InChI=1S/C19H24N4O4/c1-13-8-18(25)23(12-20-13)11-19(26)22-6-4-15(5-7-22)27-16-9-14(2)21(3)17(24)10-16/h8-10,12,15H,4-7,11H2,1-3H3. The van der Waals surface area contributed by atoms with Crippen LogP contribution in [0.25, 0.3) is 0 Å². The molecule has 1 fully saturated rings. The Morgan fingerprint density at radius 3 is 2.48 bits per heavy atom. The largest absolute Gasteiger partial charge is 0.490 e. The number of hydrogen-bond donors (Lipinski definition) is 0.